The normalized spacial score (nSPS) is 18.9. The van der Waals surface area contributed by atoms with E-state index in [-0.39, 0.29) is 11.0 Å². The van der Waals surface area contributed by atoms with Crippen LogP contribution >= 0.6 is 12.2 Å². The van der Waals surface area contributed by atoms with Gasteiger partial charge in [-0.2, -0.15) is 5.32 Å². The smallest absolute Gasteiger partial charge is 0.273 e. The molecule has 4 heteroatoms. The Kier molecular flexibility index (Phi) is 0.941. The van der Waals surface area contributed by atoms with Crippen LogP contribution in [0.2, 0.25) is 0 Å². The molecule has 0 aromatic carbocycles. The minimum Gasteiger partial charge on any atom is -0.347 e. The lowest BCUT2D eigenvalue weighted by atomic mass is 10.7. The van der Waals surface area contributed by atoms with Gasteiger partial charge in [-0.05, 0) is 12.2 Å². The highest BCUT2D eigenvalue weighted by molar-refractivity contribution is 7.80. The first-order valence-electron chi connectivity index (χ1n) is 1.68. The van der Waals surface area contributed by atoms with E-state index in [1.54, 1.807) is 0 Å². The molecule has 1 aliphatic rings. The average Bonchev–Trinajstić information content (AvgIpc) is 1.87. The van der Waals surface area contributed by atoms with Gasteiger partial charge in [-0.15, -0.1) is 0 Å². The van der Waals surface area contributed by atoms with Crippen LogP contribution in [0.5, 0.6) is 0 Å². The Hall–Kier alpha value is -0.640. The molecular formula is C3H2N2OS. The lowest BCUT2D eigenvalue weighted by molar-refractivity contribution is -0.116. The third-order valence-corrected chi connectivity index (χ3v) is 0.740. The monoisotopic (exact) mass is 114 g/mol. The van der Waals surface area contributed by atoms with E-state index >= 15 is 0 Å². The van der Waals surface area contributed by atoms with Crippen LogP contribution in [-0.2, 0) is 4.79 Å². The van der Waals surface area contributed by atoms with Gasteiger partial charge in [-0.1, -0.05) is 0 Å². The molecule has 0 aromatic rings. The molecule has 1 N–H and O–H groups in total. The number of hydrogen-bond acceptors (Lipinski definition) is 2. The van der Waals surface area contributed by atoms with Gasteiger partial charge in [-0.3, -0.25) is 4.79 Å². The maximum atomic E-state index is 10.1. The lowest BCUT2D eigenvalue weighted by Crippen LogP contribution is -2.14. The highest BCUT2D eigenvalue weighted by atomic mass is 32.1. The van der Waals surface area contributed by atoms with Crippen LogP contribution in [0.3, 0.4) is 0 Å². The van der Waals surface area contributed by atoms with Gasteiger partial charge in [0, 0.05) is 0 Å². The second-order valence-electron chi connectivity index (χ2n) is 1.04. The summed E-state index contributed by atoms with van der Waals surface area (Å²) in [6, 6.07) is 0. The molecule has 1 fully saturated rings. The van der Waals surface area contributed by atoms with Gasteiger partial charge in [0.15, 0.2) is 5.11 Å². The van der Waals surface area contributed by atoms with E-state index in [4.69, 9.17) is 0 Å². The molecule has 0 bridgehead atoms. The number of carbonyl (C=O) groups is 1. The Bertz CT molecular complexity index is 108. The van der Waals surface area contributed by atoms with Crippen LogP contribution in [0.25, 0.3) is 0 Å². The molecule has 1 amide bonds. The zero-order valence-electron chi connectivity index (χ0n) is 3.34. The van der Waals surface area contributed by atoms with Crippen LogP contribution < -0.4 is 10.6 Å². The van der Waals surface area contributed by atoms with Crippen molar-refractivity contribution in [3.8, 4) is 0 Å². The molecule has 7 heavy (non-hydrogen) atoms. The number of amides is 1. The summed E-state index contributed by atoms with van der Waals surface area (Å²) in [7, 11) is 0. The Balaban J connectivity index is 2.55. The second kappa shape index (κ2) is 1.46. The first-order valence-corrected chi connectivity index (χ1v) is 2.09. The Morgan fingerprint density at radius 3 is 2.71 bits per heavy atom. The van der Waals surface area contributed by atoms with Crippen LogP contribution in [0.15, 0.2) is 0 Å². The Morgan fingerprint density at radius 2 is 2.57 bits per heavy atom. The van der Waals surface area contributed by atoms with Crippen molar-refractivity contribution in [2.75, 3.05) is 0 Å². The third kappa shape index (κ3) is 0.866. The van der Waals surface area contributed by atoms with Gasteiger partial charge in [-0.25, -0.2) is 0 Å². The van der Waals surface area contributed by atoms with Crippen molar-refractivity contribution < 1.29 is 4.79 Å². The topological polar surface area (TPSA) is 43.2 Å². The number of thiocarbonyl (C=S) groups is 1. The second-order valence-corrected chi connectivity index (χ2v) is 1.43. The van der Waals surface area contributed by atoms with Crippen LogP contribution in [0.4, 0.5) is 0 Å². The summed E-state index contributed by atoms with van der Waals surface area (Å²) in [5.74, 6) is -0.301. The predicted molar refractivity (Wildman–Crippen MR) is 27.2 cm³/mol. The maximum absolute atomic E-state index is 10.1. The molecule has 0 spiro atoms. The quantitative estimate of drug-likeness (QED) is 0.418. The summed E-state index contributed by atoms with van der Waals surface area (Å²) in [6.45, 7) is 1.22. The minimum atomic E-state index is -0.301. The molecular weight excluding hydrogens is 112 g/mol. The summed E-state index contributed by atoms with van der Waals surface area (Å²) >= 11 is 4.47. The highest BCUT2D eigenvalue weighted by Crippen LogP contribution is 1.84. The van der Waals surface area contributed by atoms with Gasteiger partial charge >= 0.3 is 0 Å². The van der Waals surface area contributed by atoms with Crippen molar-refractivity contribution in [1.82, 2.24) is 10.6 Å². The van der Waals surface area contributed by atoms with E-state index in [0.29, 0.717) is 0 Å². The summed E-state index contributed by atoms with van der Waals surface area (Å²) in [5.41, 5.74) is 0. The molecule has 1 saturated heterocycles. The molecule has 1 aliphatic heterocycles. The molecule has 3 nitrogen and oxygen atoms in total. The van der Waals surface area contributed by atoms with Crippen LogP contribution in [0, 0.1) is 6.54 Å². The van der Waals surface area contributed by atoms with Crippen molar-refractivity contribution in [1.29, 1.82) is 0 Å². The molecule has 0 aromatic heterocycles. The standard InChI is InChI=1S/C3H2N2OS/c6-2-1-4-3(7)5-2/h1H,(H,4,7). The van der Waals surface area contributed by atoms with E-state index in [0.717, 1.165) is 0 Å². The van der Waals surface area contributed by atoms with Crippen molar-refractivity contribution in [2.45, 2.75) is 0 Å². The molecule has 1 heterocycles. The lowest BCUT2D eigenvalue weighted by Gasteiger charge is -1.79. The van der Waals surface area contributed by atoms with E-state index in [1.165, 1.54) is 6.54 Å². The van der Waals surface area contributed by atoms with Gasteiger partial charge in [0.25, 0.3) is 5.91 Å². The SMILES string of the molecule is O=C1[CH]NC(=S)[N]1. The molecule has 0 saturated carbocycles. The van der Waals surface area contributed by atoms with Crippen molar-refractivity contribution in [3.05, 3.63) is 6.54 Å². The first kappa shape index (κ1) is 4.52. The van der Waals surface area contributed by atoms with Crippen molar-refractivity contribution in [2.24, 2.45) is 0 Å². The van der Waals surface area contributed by atoms with E-state index < -0.39 is 0 Å². The maximum Gasteiger partial charge on any atom is 0.273 e. The molecule has 2 radical (unpaired) electrons. The van der Waals surface area contributed by atoms with Gasteiger partial charge in [0.1, 0.15) is 6.54 Å². The first-order chi connectivity index (χ1) is 3.29. The van der Waals surface area contributed by atoms with Gasteiger partial charge in [0.05, 0.1) is 0 Å². The summed E-state index contributed by atoms with van der Waals surface area (Å²) in [6.07, 6.45) is 0. The van der Waals surface area contributed by atoms with Crippen molar-refractivity contribution >= 4 is 23.2 Å². The molecule has 0 atom stereocenters. The molecule has 0 unspecified atom stereocenters. The zero-order chi connectivity index (χ0) is 5.28. The number of nitrogens with one attached hydrogen (secondary N) is 1. The fraction of sp³-hybridized carbons (Fsp3) is 0. The number of carbonyl (C=O) groups excluding carboxylic acids is 1. The Labute approximate surface area is 46.1 Å². The zero-order valence-corrected chi connectivity index (χ0v) is 4.16. The summed E-state index contributed by atoms with van der Waals surface area (Å²) in [5, 5.41) is 6.03. The molecule has 36 valence electrons. The largest absolute Gasteiger partial charge is 0.347 e. The number of rotatable bonds is 0. The van der Waals surface area contributed by atoms with Crippen LogP contribution in [0.1, 0.15) is 0 Å². The summed E-state index contributed by atoms with van der Waals surface area (Å²) in [4.78, 5) is 10.1. The molecule has 1 rings (SSSR count). The summed E-state index contributed by atoms with van der Waals surface area (Å²) < 4.78 is 0. The number of hydrogen-bond donors (Lipinski definition) is 1. The van der Waals surface area contributed by atoms with E-state index in [2.05, 4.69) is 22.9 Å². The molecule has 0 aliphatic carbocycles. The van der Waals surface area contributed by atoms with E-state index in [1.807, 2.05) is 0 Å². The minimum absolute atomic E-state index is 0.255. The van der Waals surface area contributed by atoms with Crippen molar-refractivity contribution in [3.63, 3.8) is 0 Å². The predicted octanol–water partition coefficient (Wildman–Crippen LogP) is -0.833. The number of nitrogens with zero attached hydrogens (tertiary/aromatic N) is 1. The third-order valence-electron chi connectivity index (χ3n) is 0.531. The fourth-order valence-electron chi connectivity index (χ4n) is 0.288. The van der Waals surface area contributed by atoms with E-state index in [9.17, 15) is 4.79 Å². The highest BCUT2D eigenvalue weighted by Gasteiger charge is 2.14. The van der Waals surface area contributed by atoms with Gasteiger partial charge < -0.3 is 5.32 Å². The Morgan fingerprint density at radius 1 is 1.86 bits per heavy atom. The van der Waals surface area contributed by atoms with Crippen LogP contribution in [-0.4, -0.2) is 11.0 Å². The fourth-order valence-corrected chi connectivity index (χ4v) is 0.437. The van der Waals surface area contributed by atoms with Gasteiger partial charge in [0.2, 0.25) is 0 Å². The average molecular weight is 114 g/mol.